The van der Waals surface area contributed by atoms with Crippen molar-refractivity contribution in [2.75, 3.05) is 44.2 Å². The van der Waals surface area contributed by atoms with E-state index in [-0.39, 0.29) is 0 Å². The van der Waals surface area contributed by atoms with Crippen LogP contribution in [0.25, 0.3) is 11.1 Å². The summed E-state index contributed by atoms with van der Waals surface area (Å²) in [5.41, 5.74) is 1.44. The average molecular weight is 274 g/mol. The van der Waals surface area contributed by atoms with Crippen LogP contribution in [-0.4, -0.2) is 65.3 Å². The molecule has 20 heavy (non-hydrogen) atoms. The van der Waals surface area contributed by atoms with Crippen molar-refractivity contribution in [3.05, 3.63) is 12.0 Å². The lowest BCUT2D eigenvalue weighted by atomic mass is 10.1. The van der Waals surface area contributed by atoms with Crippen molar-refractivity contribution in [2.24, 2.45) is 0 Å². The Hall–Kier alpha value is -1.73. The molecule has 0 spiro atoms. The maximum absolute atomic E-state index is 5.22. The Morgan fingerprint density at radius 2 is 2.00 bits per heavy atom. The number of hydrogen-bond donors (Lipinski definition) is 1. The van der Waals surface area contributed by atoms with E-state index in [0.717, 1.165) is 62.2 Å². The van der Waals surface area contributed by atoms with Crippen molar-refractivity contribution in [3.8, 4) is 0 Å². The standard InChI is InChI=1S/C13H18N6O/c1-9-11-12(15-8-16-13(11)20-17-9)19-4-2-18(3-5-19)10-6-14-7-10/h8,10,14H,2-7H2,1H3. The molecular weight excluding hydrogens is 256 g/mol. The second-order valence-electron chi connectivity index (χ2n) is 5.48. The Bertz CT molecular complexity index is 614. The van der Waals surface area contributed by atoms with E-state index in [9.17, 15) is 0 Å². The highest BCUT2D eigenvalue weighted by molar-refractivity contribution is 5.87. The number of nitrogens with one attached hydrogen (secondary N) is 1. The minimum absolute atomic E-state index is 0.582. The molecule has 2 aliphatic heterocycles. The van der Waals surface area contributed by atoms with Crippen LogP contribution >= 0.6 is 0 Å². The fourth-order valence-electron chi connectivity index (χ4n) is 2.97. The summed E-state index contributed by atoms with van der Waals surface area (Å²) in [6.45, 7) is 8.35. The molecule has 0 bridgehead atoms. The summed E-state index contributed by atoms with van der Waals surface area (Å²) in [4.78, 5) is 13.5. The summed E-state index contributed by atoms with van der Waals surface area (Å²) < 4.78 is 5.22. The molecule has 0 aliphatic carbocycles. The highest BCUT2D eigenvalue weighted by Crippen LogP contribution is 2.26. The van der Waals surface area contributed by atoms with Gasteiger partial charge in [0.2, 0.25) is 0 Å². The molecule has 4 rings (SSSR count). The number of piperazine rings is 1. The predicted molar refractivity (Wildman–Crippen MR) is 74.8 cm³/mol. The van der Waals surface area contributed by atoms with Crippen LogP contribution in [0.2, 0.25) is 0 Å². The first-order valence-electron chi connectivity index (χ1n) is 7.09. The zero-order chi connectivity index (χ0) is 13.5. The lowest BCUT2D eigenvalue weighted by Gasteiger charge is -2.43. The number of nitrogens with zero attached hydrogens (tertiary/aromatic N) is 5. The van der Waals surface area contributed by atoms with Gasteiger partial charge in [0.15, 0.2) is 0 Å². The molecule has 0 aromatic carbocycles. The Morgan fingerprint density at radius 1 is 1.20 bits per heavy atom. The maximum Gasteiger partial charge on any atom is 0.263 e. The highest BCUT2D eigenvalue weighted by Gasteiger charge is 2.29. The van der Waals surface area contributed by atoms with E-state index < -0.39 is 0 Å². The fraction of sp³-hybridized carbons (Fsp3) is 0.615. The van der Waals surface area contributed by atoms with Gasteiger partial charge in [0.05, 0.1) is 5.69 Å². The van der Waals surface area contributed by atoms with Crippen molar-refractivity contribution >= 4 is 16.9 Å². The van der Waals surface area contributed by atoms with Crippen LogP contribution in [0.3, 0.4) is 0 Å². The third-order valence-electron chi connectivity index (χ3n) is 4.31. The number of aryl methyl sites for hydroxylation is 1. The quantitative estimate of drug-likeness (QED) is 0.827. The summed E-state index contributed by atoms with van der Waals surface area (Å²) in [5, 5.41) is 8.28. The van der Waals surface area contributed by atoms with Gasteiger partial charge in [0.1, 0.15) is 17.5 Å². The third kappa shape index (κ3) is 1.85. The SMILES string of the molecule is Cc1noc2ncnc(N3CCN(C4CNC4)CC3)c12. The molecule has 2 aromatic rings. The van der Waals surface area contributed by atoms with E-state index in [1.807, 2.05) is 6.92 Å². The molecule has 1 N–H and O–H groups in total. The number of aromatic nitrogens is 3. The molecule has 7 heteroatoms. The van der Waals surface area contributed by atoms with Gasteiger partial charge in [-0.3, -0.25) is 4.90 Å². The van der Waals surface area contributed by atoms with Crippen LogP contribution in [0.5, 0.6) is 0 Å². The normalized spacial score (nSPS) is 21.4. The van der Waals surface area contributed by atoms with Crippen molar-refractivity contribution in [1.29, 1.82) is 0 Å². The van der Waals surface area contributed by atoms with E-state index in [2.05, 4.69) is 30.2 Å². The molecule has 0 atom stereocenters. The topological polar surface area (TPSA) is 70.3 Å². The largest absolute Gasteiger partial charge is 0.353 e. The molecule has 0 saturated carbocycles. The van der Waals surface area contributed by atoms with Crippen LogP contribution in [-0.2, 0) is 0 Å². The van der Waals surface area contributed by atoms with Crippen LogP contribution in [0.15, 0.2) is 10.9 Å². The van der Waals surface area contributed by atoms with Crippen molar-refractivity contribution < 1.29 is 4.52 Å². The maximum atomic E-state index is 5.22. The van der Waals surface area contributed by atoms with Gasteiger partial charge in [0.25, 0.3) is 5.71 Å². The molecular formula is C13H18N6O. The van der Waals surface area contributed by atoms with Gasteiger partial charge in [-0.05, 0) is 6.92 Å². The van der Waals surface area contributed by atoms with E-state index in [1.165, 1.54) is 0 Å². The van der Waals surface area contributed by atoms with Crippen LogP contribution in [0, 0.1) is 6.92 Å². The first-order chi connectivity index (χ1) is 9.83. The molecule has 7 nitrogen and oxygen atoms in total. The second-order valence-corrected chi connectivity index (χ2v) is 5.48. The molecule has 106 valence electrons. The predicted octanol–water partition coefficient (Wildman–Crippen LogP) is 0.0200. The van der Waals surface area contributed by atoms with Crippen molar-refractivity contribution in [1.82, 2.24) is 25.3 Å². The van der Waals surface area contributed by atoms with Gasteiger partial charge in [-0.15, -0.1) is 0 Å². The Labute approximate surface area is 116 Å². The van der Waals surface area contributed by atoms with E-state index in [1.54, 1.807) is 6.33 Å². The minimum atomic E-state index is 0.582. The van der Waals surface area contributed by atoms with Gasteiger partial charge in [-0.25, -0.2) is 4.98 Å². The van der Waals surface area contributed by atoms with Gasteiger partial charge in [0, 0.05) is 45.3 Å². The molecule has 4 heterocycles. The Kier molecular flexibility index (Phi) is 2.82. The lowest BCUT2D eigenvalue weighted by molar-refractivity contribution is 0.138. The molecule has 2 fully saturated rings. The number of hydrogen-bond acceptors (Lipinski definition) is 7. The summed E-state index contributed by atoms with van der Waals surface area (Å²) in [7, 11) is 0. The molecule has 2 aliphatic rings. The number of fused-ring (bicyclic) bond motifs is 1. The van der Waals surface area contributed by atoms with Gasteiger partial charge in [-0.2, -0.15) is 4.98 Å². The van der Waals surface area contributed by atoms with Crippen molar-refractivity contribution in [2.45, 2.75) is 13.0 Å². The minimum Gasteiger partial charge on any atom is -0.353 e. The van der Waals surface area contributed by atoms with Crippen LogP contribution in [0.1, 0.15) is 5.69 Å². The van der Waals surface area contributed by atoms with Crippen LogP contribution in [0.4, 0.5) is 5.82 Å². The third-order valence-corrected chi connectivity index (χ3v) is 4.31. The first-order valence-corrected chi connectivity index (χ1v) is 7.09. The van der Waals surface area contributed by atoms with E-state index in [4.69, 9.17) is 4.52 Å². The molecule has 2 saturated heterocycles. The molecule has 0 amide bonds. The van der Waals surface area contributed by atoms with Gasteiger partial charge < -0.3 is 14.7 Å². The molecule has 0 radical (unpaired) electrons. The van der Waals surface area contributed by atoms with Crippen LogP contribution < -0.4 is 10.2 Å². The number of rotatable bonds is 2. The summed E-state index contributed by atoms with van der Waals surface area (Å²) in [6.07, 6.45) is 1.56. The summed E-state index contributed by atoms with van der Waals surface area (Å²) in [6, 6.07) is 0.722. The summed E-state index contributed by atoms with van der Waals surface area (Å²) in [5.74, 6) is 0.958. The second kappa shape index (κ2) is 4.68. The molecule has 2 aromatic heterocycles. The van der Waals surface area contributed by atoms with Crippen molar-refractivity contribution in [3.63, 3.8) is 0 Å². The zero-order valence-electron chi connectivity index (χ0n) is 11.5. The first kappa shape index (κ1) is 12.0. The van der Waals surface area contributed by atoms with Gasteiger partial charge in [-0.1, -0.05) is 5.16 Å². The Balaban J connectivity index is 1.56. The Morgan fingerprint density at radius 3 is 2.70 bits per heavy atom. The molecule has 0 unspecified atom stereocenters. The number of anilines is 1. The smallest absolute Gasteiger partial charge is 0.263 e. The fourth-order valence-corrected chi connectivity index (χ4v) is 2.97. The van der Waals surface area contributed by atoms with E-state index >= 15 is 0 Å². The zero-order valence-corrected chi connectivity index (χ0v) is 11.5. The average Bonchev–Trinajstić information content (AvgIpc) is 2.80. The highest BCUT2D eigenvalue weighted by atomic mass is 16.5. The lowest BCUT2D eigenvalue weighted by Crippen LogP contribution is -2.61. The summed E-state index contributed by atoms with van der Waals surface area (Å²) >= 11 is 0. The van der Waals surface area contributed by atoms with E-state index in [0.29, 0.717) is 5.71 Å². The monoisotopic (exact) mass is 274 g/mol. The van der Waals surface area contributed by atoms with Gasteiger partial charge >= 0.3 is 0 Å².